The summed E-state index contributed by atoms with van der Waals surface area (Å²) < 4.78 is 38.9. The number of non-ortho nitro benzene ring substituents is 1. The van der Waals surface area contributed by atoms with E-state index in [0.29, 0.717) is 30.6 Å². The molecule has 0 radical (unpaired) electrons. The number of fused-ring (bicyclic) bond motifs is 1. The zero-order valence-corrected chi connectivity index (χ0v) is 46.1. The quantitative estimate of drug-likeness (QED) is 0.0197. The zero-order chi connectivity index (χ0) is 58.0. The van der Waals surface area contributed by atoms with Crippen molar-refractivity contribution >= 4 is 28.3 Å². The Morgan fingerprint density at radius 1 is 0.637 bits per heavy atom. The predicted octanol–water partition coefficient (Wildman–Crippen LogP) is 2.01. The minimum absolute atomic E-state index is 0.102. The summed E-state index contributed by atoms with van der Waals surface area (Å²) in [6.45, 7) is 0.00696. The largest absolute Gasteiger partial charge is 0.394 e. The van der Waals surface area contributed by atoms with E-state index in [9.17, 15) is 71.1 Å². The molecule has 5 rings (SSSR count). The molecule has 0 bridgehead atoms. The molecule has 4 heterocycles. The predicted molar refractivity (Wildman–Crippen MR) is 286 cm³/mol. The molecule has 26 nitrogen and oxygen atoms in total. The van der Waals surface area contributed by atoms with E-state index in [2.05, 4.69) is 27.9 Å². The first-order valence-corrected chi connectivity index (χ1v) is 28.9. The van der Waals surface area contributed by atoms with Crippen molar-refractivity contribution in [3.8, 4) is 0 Å². The number of allylic oxidation sites excluding steroid dienone is 1. The first kappa shape index (κ1) is 67.1. The van der Waals surface area contributed by atoms with Gasteiger partial charge in [-0.3, -0.25) is 14.9 Å². The average Bonchev–Trinajstić information content (AvgIpc) is 4.04. The first-order valence-electron chi connectivity index (χ1n) is 28.9. The number of rotatable bonds is 39. The number of aliphatic hydroxyl groups excluding tert-OH is 11. The zero-order valence-electron chi connectivity index (χ0n) is 46.1. The van der Waals surface area contributed by atoms with Crippen LogP contribution in [0.15, 0.2) is 28.9 Å². The number of hydrogen-bond donors (Lipinski definition) is 13. The number of benzene rings is 1. The maximum Gasteiger partial charge on any atom is 0.300 e. The van der Waals surface area contributed by atoms with Gasteiger partial charge in [-0.2, -0.15) is 0 Å². The number of amides is 1. The summed E-state index contributed by atoms with van der Waals surface area (Å²) >= 11 is 0. The van der Waals surface area contributed by atoms with Crippen molar-refractivity contribution in [2.75, 3.05) is 38.3 Å². The van der Waals surface area contributed by atoms with E-state index >= 15 is 0 Å². The number of nitro benzene ring substituents is 1. The van der Waals surface area contributed by atoms with Crippen LogP contribution >= 0.6 is 0 Å². The number of unbranched alkanes of at least 4 members (excludes halogenated alkanes) is 19. The fraction of sp³-hybridized carbons (Fsp3) is 0.833. The van der Waals surface area contributed by atoms with Crippen LogP contribution in [0.4, 0.5) is 11.4 Å². The van der Waals surface area contributed by atoms with E-state index in [1.807, 2.05) is 6.08 Å². The lowest BCUT2D eigenvalue weighted by Gasteiger charge is -2.48. The molecule has 2 aromatic rings. The minimum Gasteiger partial charge on any atom is -0.394 e. The fourth-order valence-corrected chi connectivity index (χ4v) is 10.2. The molecule has 26 heteroatoms. The van der Waals surface area contributed by atoms with Crippen LogP contribution in [0, 0.1) is 10.1 Å². The van der Waals surface area contributed by atoms with Crippen molar-refractivity contribution in [2.45, 2.75) is 252 Å². The molecular weight excluding hydrogens is 1050 g/mol. The molecule has 0 aliphatic carbocycles. The van der Waals surface area contributed by atoms with Gasteiger partial charge in [0.05, 0.1) is 49.2 Å². The molecule has 1 amide bonds. The highest BCUT2D eigenvalue weighted by atomic mass is 16.8. The van der Waals surface area contributed by atoms with Crippen molar-refractivity contribution in [3.63, 3.8) is 0 Å². The van der Waals surface area contributed by atoms with E-state index in [0.717, 1.165) is 70.6 Å². The molecule has 3 fully saturated rings. The highest BCUT2D eigenvalue weighted by Crippen LogP contribution is 2.34. The monoisotopic (exact) mass is 1150 g/mol. The van der Waals surface area contributed by atoms with E-state index in [1.165, 1.54) is 57.4 Å². The van der Waals surface area contributed by atoms with E-state index in [1.54, 1.807) is 12.1 Å². The van der Waals surface area contributed by atoms with Crippen molar-refractivity contribution in [1.82, 2.24) is 15.6 Å². The van der Waals surface area contributed by atoms with Crippen LogP contribution in [0.1, 0.15) is 148 Å². The minimum atomic E-state index is -2.00. The fourth-order valence-electron chi connectivity index (χ4n) is 10.2. The van der Waals surface area contributed by atoms with Gasteiger partial charge in [0.2, 0.25) is 11.4 Å². The molecule has 17 unspecified atom stereocenters. The third kappa shape index (κ3) is 20.3. The van der Waals surface area contributed by atoms with Crippen molar-refractivity contribution < 1.29 is 98.9 Å². The summed E-state index contributed by atoms with van der Waals surface area (Å²) in [5, 5.41) is 142. The Labute approximate surface area is 466 Å². The van der Waals surface area contributed by atoms with E-state index < -0.39 is 136 Å². The van der Waals surface area contributed by atoms with Crippen molar-refractivity contribution in [3.05, 3.63) is 34.4 Å². The molecule has 17 atom stereocenters. The van der Waals surface area contributed by atoms with Gasteiger partial charge >= 0.3 is 5.69 Å². The molecule has 1 aromatic carbocycles. The molecule has 0 saturated carbocycles. The van der Waals surface area contributed by atoms with Crippen molar-refractivity contribution in [1.29, 1.82) is 0 Å². The average molecular weight is 1150 g/mol. The van der Waals surface area contributed by atoms with Gasteiger partial charge in [0.15, 0.2) is 24.4 Å². The second-order valence-corrected chi connectivity index (χ2v) is 21.3. The van der Waals surface area contributed by atoms with Crippen LogP contribution < -0.4 is 10.6 Å². The van der Waals surface area contributed by atoms with Gasteiger partial charge in [-0.1, -0.05) is 128 Å². The van der Waals surface area contributed by atoms with Gasteiger partial charge in [0.25, 0.3) is 0 Å². The Hall–Kier alpha value is -3.65. The maximum absolute atomic E-state index is 13.3. The molecule has 3 saturated heterocycles. The van der Waals surface area contributed by atoms with Gasteiger partial charge in [-0.15, -0.1) is 0 Å². The Morgan fingerprint density at radius 3 is 1.69 bits per heavy atom. The second kappa shape index (κ2) is 36.1. The number of nitrogens with zero attached hydrogens (tertiary/aromatic N) is 3. The normalized spacial score (nSPS) is 30.0. The Morgan fingerprint density at radius 2 is 1.12 bits per heavy atom. The van der Waals surface area contributed by atoms with Gasteiger partial charge in [-0.05, 0) is 42.1 Å². The lowest BCUT2D eigenvalue weighted by molar-refractivity contribution is -0.383. The van der Waals surface area contributed by atoms with Gasteiger partial charge < -0.3 is 95.2 Å². The van der Waals surface area contributed by atoms with Crippen LogP contribution in [0.25, 0.3) is 11.0 Å². The van der Waals surface area contributed by atoms with Crippen LogP contribution in [-0.2, 0) is 33.2 Å². The second-order valence-electron chi connectivity index (χ2n) is 21.3. The van der Waals surface area contributed by atoms with Crippen LogP contribution in [-0.4, -0.2) is 215 Å². The lowest BCUT2D eigenvalue weighted by Crippen LogP contribution is -2.66. The number of carbonyl (C=O) groups is 1. The molecule has 13 N–H and O–H groups in total. The first-order chi connectivity index (χ1) is 38.6. The highest BCUT2D eigenvalue weighted by Gasteiger charge is 2.53. The third-order valence-corrected chi connectivity index (χ3v) is 15.1. The Balaban J connectivity index is 1.07. The smallest absolute Gasteiger partial charge is 0.300 e. The SMILES string of the molecule is CCCCCCCCCCCCCC=CC(O)C(COC1OC(CO)C(OC2OC(CO)C(OC3OC(CO)C(O)C(O)C3O)C(O)C2O)C(O)C1O)NC(=O)CCCCCCCCCCCNc1ccc([N+](=O)[O-])c2nonc12. The van der Waals surface area contributed by atoms with Gasteiger partial charge in [0, 0.05) is 19.0 Å². The summed E-state index contributed by atoms with van der Waals surface area (Å²) in [6.07, 6.45) is -1.38. The topological polar surface area (TPSA) is 401 Å². The lowest BCUT2D eigenvalue weighted by atomic mass is 9.96. The molecule has 458 valence electrons. The van der Waals surface area contributed by atoms with Crippen LogP contribution in [0.2, 0.25) is 0 Å². The molecule has 3 aliphatic heterocycles. The number of nitro groups is 1. The maximum atomic E-state index is 13.3. The summed E-state index contributed by atoms with van der Waals surface area (Å²) in [4.78, 5) is 24.1. The van der Waals surface area contributed by atoms with Gasteiger partial charge in [-0.25, -0.2) is 4.63 Å². The number of hydrogen-bond acceptors (Lipinski definition) is 24. The Bertz CT molecular complexity index is 2070. The Kier molecular flexibility index (Phi) is 30.3. The number of carbonyl (C=O) groups excluding carboxylic acids is 1. The molecule has 1 aromatic heterocycles. The summed E-state index contributed by atoms with van der Waals surface area (Å²) in [5.74, 6) is -0.332. The van der Waals surface area contributed by atoms with Crippen LogP contribution in [0.5, 0.6) is 0 Å². The molecule has 0 spiro atoms. The number of aliphatic hydroxyl groups is 11. The summed E-state index contributed by atoms with van der Waals surface area (Å²) in [6, 6.07) is 1.96. The standard InChI is InChI=1S/C54H91N5O21/c1-2-3-4-5-6-7-8-9-10-12-15-18-21-24-36(63)34(56-40(64)25-22-19-16-13-11-14-17-20-23-28-55-33-26-27-35(59(72)73)42-41(33)57-80-58-42)32-74-52-48(70)45(67)50(38(30-61)76-52)79-54-49(71)46(68)51(39(31-62)77-54)78-53-47(69)44(66)43(65)37(29-60)75-53/h21,24,26-27,34,36-39,43-55,60-63,65-71H,2-20,22-23,25,28-32H2,1H3,(H,56,64). The van der Waals surface area contributed by atoms with E-state index in [-0.39, 0.29) is 23.5 Å². The number of anilines is 1. The number of nitrogens with one attached hydrogen (secondary N) is 2. The van der Waals surface area contributed by atoms with E-state index in [4.69, 9.17) is 33.1 Å². The molecule has 3 aliphatic rings. The highest BCUT2D eigenvalue weighted by molar-refractivity contribution is 5.93. The third-order valence-electron chi connectivity index (χ3n) is 15.1. The summed E-state index contributed by atoms with van der Waals surface area (Å²) in [7, 11) is 0. The number of aromatic nitrogens is 2. The number of ether oxygens (including phenoxy) is 6. The van der Waals surface area contributed by atoms with Gasteiger partial charge in [0.1, 0.15) is 73.2 Å². The van der Waals surface area contributed by atoms with Crippen LogP contribution in [0.3, 0.4) is 0 Å². The van der Waals surface area contributed by atoms with Crippen molar-refractivity contribution in [2.24, 2.45) is 0 Å². The summed E-state index contributed by atoms with van der Waals surface area (Å²) in [5.41, 5.74) is 0.881. The molecule has 80 heavy (non-hydrogen) atoms. The molecular formula is C54H91N5O21.